The Hall–Kier alpha value is -4.17. The molecule has 0 unspecified atom stereocenters. The summed E-state index contributed by atoms with van der Waals surface area (Å²) in [6.45, 7) is 6.14. The molecule has 0 aliphatic rings. The van der Waals surface area contributed by atoms with Crippen LogP contribution in [-0.2, 0) is 22.5 Å². The largest absolute Gasteiger partial charge is 0.458 e. The number of esters is 1. The third-order valence-electron chi connectivity index (χ3n) is 6.66. The lowest BCUT2D eigenvalue weighted by Crippen LogP contribution is -2.44. The molecule has 0 aliphatic heterocycles. The second-order valence-corrected chi connectivity index (χ2v) is 12.2. The zero-order chi connectivity index (χ0) is 30.8. The molecule has 43 heavy (non-hydrogen) atoms. The van der Waals surface area contributed by atoms with E-state index in [4.69, 9.17) is 4.74 Å². The Morgan fingerprint density at radius 2 is 1.81 bits per heavy atom. The van der Waals surface area contributed by atoms with Gasteiger partial charge in [-0.2, -0.15) is 11.8 Å². The molecule has 0 spiro atoms. The van der Waals surface area contributed by atoms with E-state index in [1.165, 1.54) is 17.7 Å². The average molecular weight is 600 g/mol. The monoisotopic (exact) mass is 599 g/mol. The molecule has 0 bridgehead atoms. The SMILES string of the molecule is CSCC[C@H](NC(=O)c1ccc(C=CCc2nccn2Cc2ccccc2)cc1-c1ccc(F)cc1)C(=O)OC(C)(C)C. The van der Waals surface area contributed by atoms with Crippen LogP contribution >= 0.6 is 11.8 Å². The minimum Gasteiger partial charge on any atom is -0.458 e. The first kappa shape index (κ1) is 31.8. The van der Waals surface area contributed by atoms with Crippen LogP contribution in [0.5, 0.6) is 0 Å². The molecule has 0 aliphatic carbocycles. The Kier molecular flexibility index (Phi) is 11.0. The molecule has 1 atom stereocenters. The second kappa shape index (κ2) is 14.8. The van der Waals surface area contributed by atoms with E-state index in [-0.39, 0.29) is 5.82 Å². The zero-order valence-electron chi connectivity index (χ0n) is 25.0. The number of carbonyl (C=O) groups excluding carboxylic acids is 2. The predicted octanol–water partition coefficient (Wildman–Crippen LogP) is 7.19. The summed E-state index contributed by atoms with van der Waals surface area (Å²) in [5, 5.41) is 2.89. The molecule has 8 heteroatoms. The van der Waals surface area contributed by atoms with Gasteiger partial charge >= 0.3 is 5.97 Å². The summed E-state index contributed by atoms with van der Waals surface area (Å²) in [6, 6.07) is 21.0. The molecular weight excluding hydrogens is 561 g/mol. The number of amides is 1. The van der Waals surface area contributed by atoms with Crippen molar-refractivity contribution in [2.45, 2.75) is 51.8 Å². The fraction of sp³-hybridized carbons (Fsp3) is 0.286. The van der Waals surface area contributed by atoms with Gasteiger partial charge in [0.1, 0.15) is 23.3 Å². The molecule has 1 N–H and O–H groups in total. The minimum absolute atomic E-state index is 0.362. The Bertz CT molecular complexity index is 1540. The van der Waals surface area contributed by atoms with E-state index in [0.717, 1.165) is 17.9 Å². The Morgan fingerprint density at radius 3 is 2.51 bits per heavy atom. The number of thioether (sulfide) groups is 1. The lowest BCUT2D eigenvalue weighted by molar-refractivity contribution is -0.157. The molecule has 6 nitrogen and oxygen atoms in total. The minimum atomic E-state index is -0.792. The number of rotatable bonds is 12. The molecule has 0 fully saturated rings. The molecule has 0 saturated carbocycles. The first-order valence-corrected chi connectivity index (χ1v) is 15.7. The number of ether oxygens (including phenoxy) is 1. The molecule has 4 aromatic rings. The summed E-state index contributed by atoms with van der Waals surface area (Å²) in [4.78, 5) is 31.0. The highest BCUT2D eigenvalue weighted by molar-refractivity contribution is 7.98. The lowest BCUT2D eigenvalue weighted by Gasteiger charge is -2.25. The maximum absolute atomic E-state index is 13.8. The summed E-state index contributed by atoms with van der Waals surface area (Å²) < 4.78 is 21.5. The van der Waals surface area contributed by atoms with Gasteiger partial charge in [-0.25, -0.2) is 14.2 Å². The van der Waals surface area contributed by atoms with Crippen molar-refractivity contribution in [3.8, 4) is 11.1 Å². The molecule has 0 radical (unpaired) electrons. The van der Waals surface area contributed by atoms with Crippen LogP contribution in [0, 0.1) is 5.82 Å². The second-order valence-electron chi connectivity index (χ2n) is 11.2. The van der Waals surface area contributed by atoms with Gasteiger partial charge in [0.25, 0.3) is 5.91 Å². The number of aromatic nitrogens is 2. The summed E-state index contributed by atoms with van der Waals surface area (Å²) in [5.74, 6) is 0.396. The number of nitrogens with one attached hydrogen (secondary N) is 1. The maximum Gasteiger partial charge on any atom is 0.329 e. The van der Waals surface area contributed by atoms with E-state index in [0.29, 0.717) is 35.3 Å². The third kappa shape index (κ3) is 9.41. The number of imidazole rings is 1. The van der Waals surface area contributed by atoms with Crippen molar-refractivity contribution in [2.24, 2.45) is 0 Å². The van der Waals surface area contributed by atoms with Crippen molar-refractivity contribution in [1.82, 2.24) is 14.9 Å². The fourth-order valence-corrected chi connectivity index (χ4v) is 5.05. The first-order chi connectivity index (χ1) is 20.6. The maximum atomic E-state index is 13.8. The number of hydrogen-bond acceptors (Lipinski definition) is 5. The molecule has 1 heterocycles. The van der Waals surface area contributed by atoms with Crippen molar-refractivity contribution >= 4 is 29.7 Å². The summed E-state index contributed by atoms with van der Waals surface area (Å²) >= 11 is 1.59. The molecule has 1 aromatic heterocycles. The molecule has 4 rings (SSSR count). The van der Waals surface area contributed by atoms with Crippen molar-refractivity contribution < 1.29 is 18.7 Å². The quantitative estimate of drug-likeness (QED) is 0.175. The van der Waals surface area contributed by atoms with Crippen LogP contribution in [0.4, 0.5) is 4.39 Å². The van der Waals surface area contributed by atoms with Gasteiger partial charge in [0.15, 0.2) is 0 Å². The molecule has 224 valence electrons. The summed E-state index contributed by atoms with van der Waals surface area (Å²) in [6.07, 6.45) is 10.8. The van der Waals surface area contributed by atoms with Crippen LogP contribution < -0.4 is 5.32 Å². The smallest absolute Gasteiger partial charge is 0.329 e. The van der Waals surface area contributed by atoms with Gasteiger partial charge in [-0.1, -0.05) is 60.7 Å². The van der Waals surface area contributed by atoms with Crippen LogP contribution in [0.2, 0.25) is 0 Å². The number of allylic oxidation sites excluding steroid dienone is 1. The number of halogens is 1. The van der Waals surface area contributed by atoms with Crippen molar-refractivity contribution in [2.75, 3.05) is 12.0 Å². The zero-order valence-corrected chi connectivity index (χ0v) is 25.9. The van der Waals surface area contributed by atoms with Crippen LogP contribution in [0.3, 0.4) is 0 Å². The molecule has 1 amide bonds. The van der Waals surface area contributed by atoms with E-state index in [1.807, 2.05) is 54.9 Å². The number of nitrogens with zero attached hydrogens (tertiary/aromatic N) is 2. The highest BCUT2D eigenvalue weighted by Gasteiger charge is 2.27. The average Bonchev–Trinajstić information content (AvgIpc) is 3.41. The van der Waals surface area contributed by atoms with Crippen molar-refractivity contribution in [3.63, 3.8) is 0 Å². The summed E-state index contributed by atoms with van der Waals surface area (Å²) in [7, 11) is 0. The van der Waals surface area contributed by atoms with Gasteiger partial charge < -0.3 is 14.6 Å². The Labute approximate surface area is 257 Å². The number of benzene rings is 3. The van der Waals surface area contributed by atoms with Gasteiger partial charge in [0.2, 0.25) is 0 Å². The number of carbonyl (C=O) groups is 2. The van der Waals surface area contributed by atoms with Gasteiger partial charge in [-0.3, -0.25) is 4.79 Å². The van der Waals surface area contributed by atoms with Crippen molar-refractivity contribution in [1.29, 1.82) is 0 Å². The topological polar surface area (TPSA) is 73.2 Å². The fourth-order valence-electron chi connectivity index (χ4n) is 4.58. The van der Waals surface area contributed by atoms with Gasteiger partial charge in [-0.15, -0.1) is 0 Å². The highest BCUT2D eigenvalue weighted by atomic mass is 32.2. The number of hydrogen-bond donors (Lipinski definition) is 1. The Balaban J connectivity index is 1.57. The molecule has 3 aromatic carbocycles. The lowest BCUT2D eigenvalue weighted by atomic mass is 9.96. The van der Waals surface area contributed by atoms with E-state index >= 15 is 0 Å². The third-order valence-corrected chi connectivity index (χ3v) is 7.30. The summed E-state index contributed by atoms with van der Waals surface area (Å²) in [5.41, 5.74) is 3.12. The van der Waals surface area contributed by atoms with E-state index in [9.17, 15) is 14.0 Å². The predicted molar refractivity (Wildman–Crippen MR) is 172 cm³/mol. The standard InChI is InChI=1S/C35H38FN3O3S/c1-35(2,3)42-34(41)31(19-22-43-4)38-33(40)29-18-13-25(23-30(29)27-14-16-28(36)17-15-27)11-8-12-32-37-20-21-39(32)24-26-9-6-5-7-10-26/h5-11,13-18,20-21,23,31H,12,19,22,24H2,1-4H3,(H,38,40)/t31-/m0/s1. The van der Waals surface area contributed by atoms with Crippen molar-refractivity contribution in [3.05, 3.63) is 120 Å². The molecular formula is C35H38FN3O3S. The normalized spacial score (nSPS) is 12.3. The van der Waals surface area contributed by atoms with Crippen LogP contribution in [0.15, 0.2) is 91.3 Å². The Morgan fingerprint density at radius 1 is 1.07 bits per heavy atom. The molecule has 0 saturated heterocycles. The van der Waals surface area contributed by atoms with E-state index in [2.05, 4.69) is 27.0 Å². The van der Waals surface area contributed by atoms with Gasteiger partial charge in [0, 0.05) is 30.9 Å². The van der Waals surface area contributed by atoms with E-state index < -0.39 is 23.5 Å². The highest BCUT2D eigenvalue weighted by Crippen LogP contribution is 2.27. The van der Waals surface area contributed by atoms with Crippen LogP contribution in [0.1, 0.15) is 54.5 Å². The van der Waals surface area contributed by atoms with Crippen LogP contribution in [0.25, 0.3) is 17.2 Å². The van der Waals surface area contributed by atoms with Crippen LogP contribution in [-0.4, -0.2) is 45.1 Å². The van der Waals surface area contributed by atoms with Gasteiger partial charge in [-0.05, 0) is 85.7 Å². The first-order valence-electron chi connectivity index (χ1n) is 14.3. The van der Waals surface area contributed by atoms with Gasteiger partial charge in [0.05, 0.1) is 0 Å². The van der Waals surface area contributed by atoms with E-state index in [1.54, 1.807) is 56.9 Å².